The first-order chi connectivity index (χ1) is 8.55. The van der Waals surface area contributed by atoms with E-state index in [1.807, 2.05) is 45.0 Å². The fraction of sp³-hybridized carbons (Fsp3) is 0.400. The summed E-state index contributed by atoms with van der Waals surface area (Å²) in [6.07, 6.45) is 6.92. The quantitative estimate of drug-likeness (QED) is 0.784. The Bertz CT molecular complexity index is 439. The average Bonchev–Trinajstić information content (AvgIpc) is 2.39. The molecule has 1 aromatic carbocycles. The summed E-state index contributed by atoms with van der Waals surface area (Å²) in [5.74, 6) is 2.67. The van der Waals surface area contributed by atoms with Crippen molar-refractivity contribution in [3.8, 4) is 12.3 Å². The first-order valence-electron chi connectivity index (χ1n) is 6.19. The molecule has 0 saturated carbocycles. The minimum absolute atomic E-state index is 0.263. The Hall–Kier alpha value is -1.95. The second kappa shape index (κ2) is 6.11. The molecule has 18 heavy (non-hydrogen) atoms. The molecule has 96 valence electrons. The summed E-state index contributed by atoms with van der Waals surface area (Å²) in [4.78, 5) is 11.9. The number of anilines is 1. The van der Waals surface area contributed by atoms with Crippen LogP contribution in [0.5, 0.6) is 0 Å². The summed E-state index contributed by atoms with van der Waals surface area (Å²) in [7, 11) is 0. The van der Waals surface area contributed by atoms with Crippen molar-refractivity contribution in [1.29, 1.82) is 0 Å². The molecule has 1 rings (SSSR count). The minimum atomic E-state index is -0.561. The van der Waals surface area contributed by atoms with Crippen LogP contribution in [0.15, 0.2) is 24.3 Å². The van der Waals surface area contributed by atoms with Crippen molar-refractivity contribution < 1.29 is 4.79 Å². The van der Waals surface area contributed by atoms with E-state index in [9.17, 15) is 4.79 Å². The number of benzene rings is 1. The molecule has 0 aliphatic carbocycles. The van der Waals surface area contributed by atoms with E-state index in [0.29, 0.717) is 12.8 Å². The van der Waals surface area contributed by atoms with Crippen LogP contribution in [0, 0.1) is 19.3 Å². The number of urea groups is 1. The van der Waals surface area contributed by atoms with Crippen LogP contribution in [-0.4, -0.2) is 11.6 Å². The molecule has 0 aliphatic rings. The van der Waals surface area contributed by atoms with Crippen molar-refractivity contribution in [2.45, 2.75) is 39.2 Å². The van der Waals surface area contributed by atoms with E-state index in [1.165, 1.54) is 0 Å². The van der Waals surface area contributed by atoms with Crippen molar-refractivity contribution in [3.05, 3.63) is 29.8 Å². The summed E-state index contributed by atoms with van der Waals surface area (Å²) in [5.41, 5.74) is 1.35. The zero-order chi connectivity index (χ0) is 13.6. The van der Waals surface area contributed by atoms with Gasteiger partial charge in [-0.25, -0.2) is 4.79 Å². The Morgan fingerprint density at radius 2 is 1.83 bits per heavy atom. The van der Waals surface area contributed by atoms with Gasteiger partial charge in [0.05, 0.1) is 0 Å². The van der Waals surface area contributed by atoms with Crippen molar-refractivity contribution in [1.82, 2.24) is 5.32 Å². The molecule has 2 amide bonds. The molecular formula is C15H20N2O. The van der Waals surface area contributed by atoms with Crippen molar-refractivity contribution in [2.24, 2.45) is 0 Å². The molecule has 0 aromatic heterocycles. The number of carbonyl (C=O) groups is 1. The Balaban J connectivity index is 2.67. The van der Waals surface area contributed by atoms with Gasteiger partial charge in [-0.05, 0) is 31.9 Å². The number of aryl methyl sites for hydroxylation is 1. The maximum Gasteiger partial charge on any atom is 0.320 e. The number of carbonyl (C=O) groups excluding carboxylic acids is 1. The third-order valence-corrected chi connectivity index (χ3v) is 3.15. The standard InChI is InChI=1S/C15H20N2O/c1-5-15(6-2,7-3)17-14(18)16-13-10-8-12(4)9-11-13/h1,8-11H,6-7H2,2-4H3,(H2,16,17,18). The highest BCUT2D eigenvalue weighted by atomic mass is 16.2. The number of nitrogens with one attached hydrogen (secondary N) is 2. The molecule has 3 heteroatoms. The maximum absolute atomic E-state index is 11.9. The molecule has 0 aliphatic heterocycles. The molecule has 0 saturated heterocycles. The monoisotopic (exact) mass is 244 g/mol. The van der Waals surface area contributed by atoms with Gasteiger partial charge in [-0.2, -0.15) is 0 Å². The van der Waals surface area contributed by atoms with E-state index in [-0.39, 0.29) is 6.03 Å². The molecule has 3 nitrogen and oxygen atoms in total. The lowest BCUT2D eigenvalue weighted by Gasteiger charge is -2.27. The van der Waals surface area contributed by atoms with Gasteiger partial charge in [-0.15, -0.1) is 6.42 Å². The Kier molecular flexibility index (Phi) is 4.79. The van der Waals surface area contributed by atoms with E-state index in [0.717, 1.165) is 11.3 Å². The number of rotatable bonds is 4. The summed E-state index contributed by atoms with van der Waals surface area (Å²) in [6, 6.07) is 7.36. The van der Waals surface area contributed by atoms with E-state index < -0.39 is 5.54 Å². The van der Waals surface area contributed by atoms with Gasteiger partial charge in [0.15, 0.2) is 0 Å². The summed E-state index contributed by atoms with van der Waals surface area (Å²) in [6.45, 7) is 5.94. The number of terminal acetylenes is 1. The average molecular weight is 244 g/mol. The summed E-state index contributed by atoms with van der Waals surface area (Å²) >= 11 is 0. The van der Waals surface area contributed by atoms with Gasteiger partial charge in [0.1, 0.15) is 5.54 Å². The van der Waals surface area contributed by atoms with Crippen molar-refractivity contribution in [3.63, 3.8) is 0 Å². The Labute approximate surface area is 109 Å². The van der Waals surface area contributed by atoms with Gasteiger partial charge in [0.25, 0.3) is 0 Å². The van der Waals surface area contributed by atoms with Crippen molar-refractivity contribution >= 4 is 11.7 Å². The Morgan fingerprint density at radius 3 is 2.28 bits per heavy atom. The van der Waals surface area contributed by atoms with Crippen LogP contribution in [0.3, 0.4) is 0 Å². The summed E-state index contributed by atoms with van der Waals surface area (Å²) < 4.78 is 0. The first kappa shape index (κ1) is 14.1. The summed E-state index contributed by atoms with van der Waals surface area (Å²) in [5, 5.41) is 5.64. The molecule has 0 bridgehead atoms. The van der Waals surface area contributed by atoms with E-state index >= 15 is 0 Å². The lowest BCUT2D eigenvalue weighted by molar-refractivity contribution is 0.242. The second-order valence-electron chi connectivity index (χ2n) is 4.38. The molecular weight excluding hydrogens is 224 g/mol. The highest BCUT2D eigenvalue weighted by molar-refractivity contribution is 5.90. The largest absolute Gasteiger partial charge is 0.322 e. The molecule has 0 unspecified atom stereocenters. The van der Waals surface area contributed by atoms with Crippen LogP contribution in [-0.2, 0) is 0 Å². The minimum Gasteiger partial charge on any atom is -0.322 e. The topological polar surface area (TPSA) is 41.1 Å². The zero-order valence-corrected chi connectivity index (χ0v) is 11.2. The van der Waals surface area contributed by atoms with Gasteiger partial charge in [0, 0.05) is 5.69 Å². The van der Waals surface area contributed by atoms with Gasteiger partial charge in [0.2, 0.25) is 0 Å². The van der Waals surface area contributed by atoms with Gasteiger partial charge >= 0.3 is 6.03 Å². The van der Waals surface area contributed by atoms with Crippen molar-refractivity contribution in [2.75, 3.05) is 5.32 Å². The molecule has 0 heterocycles. The third-order valence-electron chi connectivity index (χ3n) is 3.15. The molecule has 0 radical (unpaired) electrons. The number of hydrogen-bond acceptors (Lipinski definition) is 1. The number of amides is 2. The van der Waals surface area contributed by atoms with Crippen LogP contribution >= 0.6 is 0 Å². The highest BCUT2D eigenvalue weighted by Gasteiger charge is 2.25. The molecule has 0 atom stereocenters. The highest BCUT2D eigenvalue weighted by Crippen LogP contribution is 2.14. The van der Waals surface area contributed by atoms with Gasteiger partial charge in [-0.1, -0.05) is 37.5 Å². The molecule has 1 aromatic rings. The smallest absolute Gasteiger partial charge is 0.320 e. The fourth-order valence-corrected chi connectivity index (χ4v) is 1.68. The second-order valence-corrected chi connectivity index (χ2v) is 4.38. The fourth-order valence-electron chi connectivity index (χ4n) is 1.68. The van der Waals surface area contributed by atoms with Crippen LogP contribution in [0.4, 0.5) is 10.5 Å². The molecule has 0 fully saturated rings. The predicted octanol–water partition coefficient (Wildman–Crippen LogP) is 3.31. The SMILES string of the molecule is C#CC(CC)(CC)NC(=O)Nc1ccc(C)cc1. The molecule has 0 spiro atoms. The number of hydrogen-bond donors (Lipinski definition) is 2. The predicted molar refractivity (Wildman–Crippen MR) is 75.5 cm³/mol. The lowest BCUT2D eigenvalue weighted by atomic mass is 9.94. The molecule has 2 N–H and O–H groups in total. The van der Waals surface area contributed by atoms with E-state index in [4.69, 9.17) is 6.42 Å². The Morgan fingerprint density at radius 1 is 1.28 bits per heavy atom. The third kappa shape index (κ3) is 3.53. The van der Waals surface area contributed by atoms with Gasteiger partial charge < -0.3 is 10.6 Å². The van der Waals surface area contributed by atoms with Crippen LogP contribution < -0.4 is 10.6 Å². The van der Waals surface area contributed by atoms with E-state index in [2.05, 4.69) is 16.6 Å². The van der Waals surface area contributed by atoms with Crippen LogP contribution in [0.1, 0.15) is 32.3 Å². The first-order valence-corrected chi connectivity index (χ1v) is 6.19. The zero-order valence-electron chi connectivity index (χ0n) is 11.2. The maximum atomic E-state index is 11.9. The van der Waals surface area contributed by atoms with Gasteiger partial charge in [-0.3, -0.25) is 0 Å². The van der Waals surface area contributed by atoms with Crippen LogP contribution in [0.2, 0.25) is 0 Å². The normalized spacial score (nSPS) is 10.6. The van der Waals surface area contributed by atoms with E-state index in [1.54, 1.807) is 0 Å². The lowest BCUT2D eigenvalue weighted by Crippen LogP contribution is -2.48. The van der Waals surface area contributed by atoms with Crippen LogP contribution in [0.25, 0.3) is 0 Å².